The summed E-state index contributed by atoms with van der Waals surface area (Å²) in [4.78, 5) is 0. The molecule has 4 N–H and O–H groups in total. The Kier molecular flexibility index (Phi) is 4.42. The van der Waals surface area contributed by atoms with Gasteiger partial charge < -0.3 is 5.73 Å². The fourth-order valence-corrected chi connectivity index (χ4v) is 1.50. The maximum Gasteiger partial charge on any atom is 0.184 e. The summed E-state index contributed by atoms with van der Waals surface area (Å²) >= 11 is 4.66. The average Bonchev–Trinajstić information content (AvgIpc) is 2.53. The van der Waals surface area contributed by atoms with Gasteiger partial charge in [0.05, 0.1) is 5.69 Å². The van der Waals surface area contributed by atoms with Gasteiger partial charge in [0.15, 0.2) is 5.11 Å². The van der Waals surface area contributed by atoms with E-state index in [0.29, 0.717) is 0 Å². The normalized spacial score (nSPS) is 11.6. The van der Waals surface area contributed by atoms with Gasteiger partial charge in [0.25, 0.3) is 0 Å². The van der Waals surface area contributed by atoms with E-state index in [9.17, 15) is 0 Å². The smallest absolute Gasteiger partial charge is 0.184 e. The molecule has 1 aromatic heterocycles. The summed E-state index contributed by atoms with van der Waals surface area (Å²) in [5.74, 6) is 0. The number of aryl methyl sites for hydroxylation is 2. The summed E-state index contributed by atoms with van der Waals surface area (Å²) in [6, 6.07) is 0. The van der Waals surface area contributed by atoms with Gasteiger partial charge in [-0.15, -0.1) is 0 Å². The van der Waals surface area contributed by atoms with Gasteiger partial charge in [-0.25, -0.2) is 0 Å². The second-order valence-electron chi connectivity index (χ2n) is 3.74. The first kappa shape index (κ1) is 12.6. The van der Waals surface area contributed by atoms with Crippen LogP contribution in [0.2, 0.25) is 0 Å². The Bertz CT molecular complexity index is 388. The Morgan fingerprint density at radius 2 is 2.25 bits per heavy atom. The number of thiocarbonyl (C=S) groups is 1. The fraction of sp³-hybridized carbons (Fsp3) is 0.500. The van der Waals surface area contributed by atoms with Crippen molar-refractivity contribution < 1.29 is 0 Å². The van der Waals surface area contributed by atoms with Crippen molar-refractivity contribution in [3.8, 4) is 0 Å². The van der Waals surface area contributed by atoms with Crippen molar-refractivity contribution in [2.24, 2.45) is 10.8 Å². The molecular formula is C10H17N5S. The molecule has 0 aliphatic carbocycles. The van der Waals surface area contributed by atoms with Crippen molar-refractivity contribution in [2.45, 2.75) is 33.6 Å². The number of hydrazone groups is 1. The molecule has 0 spiro atoms. The predicted octanol–water partition coefficient (Wildman–Crippen LogP) is 1.17. The molecule has 0 saturated carbocycles. The standard InChI is InChI=1S/C10H17N5S/c1-6(12-15-10(11)16)4-5-9-7(2)13-14-8(9)3/h4-5H2,1-3H3,(H,13,14)(H3,11,15,16)/b12-6+. The summed E-state index contributed by atoms with van der Waals surface area (Å²) in [5.41, 5.74) is 12.2. The molecule has 88 valence electrons. The zero-order valence-corrected chi connectivity index (χ0v) is 10.6. The first-order valence-electron chi connectivity index (χ1n) is 5.09. The summed E-state index contributed by atoms with van der Waals surface area (Å²) in [6.07, 6.45) is 1.78. The van der Waals surface area contributed by atoms with Gasteiger partial charge in [-0.05, 0) is 51.4 Å². The van der Waals surface area contributed by atoms with Crippen LogP contribution < -0.4 is 11.2 Å². The first-order chi connectivity index (χ1) is 7.50. The van der Waals surface area contributed by atoms with E-state index in [1.54, 1.807) is 0 Å². The molecule has 1 aromatic rings. The largest absolute Gasteiger partial charge is 0.375 e. The molecule has 0 aliphatic heterocycles. The lowest BCUT2D eigenvalue weighted by Crippen LogP contribution is -2.25. The van der Waals surface area contributed by atoms with Crippen LogP contribution in [0.1, 0.15) is 30.3 Å². The molecule has 0 aliphatic rings. The second-order valence-corrected chi connectivity index (χ2v) is 4.18. The van der Waals surface area contributed by atoms with Crippen LogP contribution in [-0.2, 0) is 6.42 Å². The van der Waals surface area contributed by atoms with E-state index in [2.05, 4.69) is 32.9 Å². The summed E-state index contributed by atoms with van der Waals surface area (Å²) in [6.45, 7) is 5.96. The van der Waals surface area contributed by atoms with Gasteiger partial charge in [-0.3, -0.25) is 10.5 Å². The topological polar surface area (TPSA) is 79.1 Å². The number of aromatic nitrogens is 2. The first-order valence-corrected chi connectivity index (χ1v) is 5.50. The predicted molar refractivity (Wildman–Crippen MR) is 69.4 cm³/mol. The van der Waals surface area contributed by atoms with Crippen molar-refractivity contribution in [1.29, 1.82) is 0 Å². The summed E-state index contributed by atoms with van der Waals surface area (Å²) in [7, 11) is 0. The third-order valence-corrected chi connectivity index (χ3v) is 2.47. The van der Waals surface area contributed by atoms with Gasteiger partial charge in [0.2, 0.25) is 0 Å². The van der Waals surface area contributed by atoms with Crippen molar-refractivity contribution in [1.82, 2.24) is 15.6 Å². The van der Waals surface area contributed by atoms with Gasteiger partial charge in [0, 0.05) is 11.4 Å². The Morgan fingerprint density at radius 1 is 1.56 bits per heavy atom. The lowest BCUT2D eigenvalue weighted by molar-refractivity contribution is 0.957. The van der Waals surface area contributed by atoms with E-state index in [-0.39, 0.29) is 5.11 Å². The molecule has 0 fully saturated rings. The number of hydrogen-bond donors (Lipinski definition) is 3. The van der Waals surface area contributed by atoms with Crippen LogP contribution in [-0.4, -0.2) is 21.0 Å². The Balaban J connectivity index is 2.52. The third-order valence-electron chi connectivity index (χ3n) is 2.37. The van der Waals surface area contributed by atoms with Gasteiger partial charge in [-0.1, -0.05) is 0 Å². The van der Waals surface area contributed by atoms with Gasteiger partial charge in [-0.2, -0.15) is 10.2 Å². The highest BCUT2D eigenvalue weighted by molar-refractivity contribution is 7.80. The van der Waals surface area contributed by atoms with Crippen LogP contribution in [0.4, 0.5) is 0 Å². The number of nitrogens with zero attached hydrogens (tertiary/aromatic N) is 2. The van der Waals surface area contributed by atoms with Crippen molar-refractivity contribution in [3.05, 3.63) is 17.0 Å². The lowest BCUT2D eigenvalue weighted by atomic mass is 10.1. The lowest BCUT2D eigenvalue weighted by Gasteiger charge is -2.02. The maximum atomic E-state index is 5.28. The SMILES string of the molecule is C/C(CCc1c(C)n[nH]c1C)=N\NC(N)=S. The molecular weight excluding hydrogens is 222 g/mol. The molecule has 0 amide bonds. The van der Waals surface area contributed by atoms with Crippen molar-refractivity contribution >= 4 is 23.0 Å². The number of nitrogens with one attached hydrogen (secondary N) is 2. The van der Waals surface area contributed by atoms with E-state index in [1.165, 1.54) is 5.56 Å². The van der Waals surface area contributed by atoms with Crippen LogP contribution in [0.3, 0.4) is 0 Å². The van der Waals surface area contributed by atoms with Crippen LogP contribution in [0.5, 0.6) is 0 Å². The Labute approximate surface area is 100 Å². The van der Waals surface area contributed by atoms with E-state index >= 15 is 0 Å². The Hall–Kier alpha value is -1.43. The number of hydrogen-bond acceptors (Lipinski definition) is 3. The number of aromatic amines is 1. The second kappa shape index (κ2) is 5.60. The Morgan fingerprint density at radius 3 is 2.75 bits per heavy atom. The van der Waals surface area contributed by atoms with E-state index in [0.717, 1.165) is 29.9 Å². The molecule has 0 bridgehead atoms. The highest BCUT2D eigenvalue weighted by atomic mass is 32.1. The van der Waals surface area contributed by atoms with E-state index in [4.69, 9.17) is 5.73 Å². The van der Waals surface area contributed by atoms with Crippen LogP contribution >= 0.6 is 12.2 Å². The molecule has 0 radical (unpaired) electrons. The highest BCUT2D eigenvalue weighted by Gasteiger charge is 2.06. The number of H-pyrrole nitrogens is 1. The van der Waals surface area contributed by atoms with Crippen LogP contribution in [0.25, 0.3) is 0 Å². The van der Waals surface area contributed by atoms with Gasteiger partial charge in [0.1, 0.15) is 0 Å². The molecule has 1 rings (SSSR count). The molecule has 6 heteroatoms. The minimum atomic E-state index is 0.190. The summed E-state index contributed by atoms with van der Waals surface area (Å²) < 4.78 is 0. The quantitative estimate of drug-likeness (QED) is 0.418. The van der Waals surface area contributed by atoms with Crippen molar-refractivity contribution in [3.63, 3.8) is 0 Å². The molecule has 0 atom stereocenters. The monoisotopic (exact) mass is 239 g/mol. The van der Waals surface area contributed by atoms with E-state index in [1.807, 2.05) is 20.8 Å². The van der Waals surface area contributed by atoms with Crippen LogP contribution in [0, 0.1) is 13.8 Å². The maximum absolute atomic E-state index is 5.28. The molecule has 0 saturated heterocycles. The zero-order valence-electron chi connectivity index (χ0n) is 9.79. The molecule has 1 heterocycles. The van der Waals surface area contributed by atoms with Gasteiger partial charge >= 0.3 is 0 Å². The molecule has 0 aromatic carbocycles. The van der Waals surface area contributed by atoms with Crippen molar-refractivity contribution in [2.75, 3.05) is 0 Å². The highest BCUT2D eigenvalue weighted by Crippen LogP contribution is 2.11. The van der Waals surface area contributed by atoms with Crippen LogP contribution in [0.15, 0.2) is 5.10 Å². The fourth-order valence-electron chi connectivity index (χ4n) is 1.45. The minimum Gasteiger partial charge on any atom is -0.375 e. The number of nitrogens with two attached hydrogens (primary N) is 1. The number of rotatable bonds is 4. The zero-order chi connectivity index (χ0) is 12.1. The molecule has 5 nitrogen and oxygen atoms in total. The third kappa shape index (κ3) is 3.62. The minimum absolute atomic E-state index is 0.190. The van der Waals surface area contributed by atoms with E-state index < -0.39 is 0 Å². The molecule has 16 heavy (non-hydrogen) atoms. The summed E-state index contributed by atoms with van der Waals surface area (Å²) in [5, 5.41) is 11.4. The average molecular weight is 239 g/mol. The molecule has 0 unspecified atom stereocenters.